The van der Waals surface area contributed by atoms with E-state index in [0.717, 1.165) is 38.1 Å². The highest BCUT2D eigenvalue weighted by Crippen LogP contribution is 2.51. The van der Waals surface area contributed by atoms with E-state index in [1.165, 1.54) is 0 Å². The van der Waals surface area contributed by atoms with E-state index in [2.05, 4.69) is 5.32 Å². The second-order valence-corrected chi connectivity index (χ2v) is 6.77. The van der Waals surface area contributed by atoms with Crippen LogP contribution in [-0.2, 0) is 0 Å². The topological polar surface area (TPSA) is 52.6 Å². The van der Waals surface area contributed by atoms with E-state index in [0.29, 0.717) is 12.5 Å². The summed E-state index contributed by atoms with van der Waals surface area (Å²) in [5, 5.41) is 11.2. The molecular formula is C15H17ClF2N2O2. The van der Waals surface area contributed by atoms with E-state index >= 15 is 0 Å². The fourth-order valence-electron chi connectivity index (χ4n) is 3.62. The van der Waals surface area contributed by atoms with E-state index in [4.69, 9.17) is 16.7 Å². The Balaban J connectivity index is 1.50. The van der Waals surface area contributed by atoms with Crippen LogP contribution in [0.3, 0.4) is 0 Å². The highest BCUT2D eigenvalue weighted by Gasteiger charge is 2.51. The van der Waals surface area contributed by atoms with Gasteiger partial charge >= 0.3 is 0 Å². The first-order valence-electron chi connectivity index (χ1n) is 7.18. The van der Waals surface area contributed by atoms with Crippen molar-refractivity contribution in [1.82, 2.24) is 10.2 Å². The van der Waals surface area contributed by atoms with Crippen LogP contribution >= 0.6 is 11.6 Å². The Morgan fingerprint density at radius 1 is 1.41 bits per heavy atom. The molecular weight excluding hydrogens is 314 g/mol. The van der Waals surface area contributed by atoms with Crippen LogP contribution in [0.5, 0.6) is 0 Å². The molecule has 1 spiro atoms. The molecule has 0 bridgehead atoms. The Morgan fingerprint density at radius 3 is 2.73 bits per heavy atom. The normalized spacial score (nSPS) is 20.5. The fraction of sp³-hybridized carbons (Fsp3) is 0.533. The maximum absolute atomic E-state index is 13.7. The summed E-state index contributed by atoms with van der Waals surface area (Å²) < 4.78 is 26.9. The first kappa shape index (κ1) is 15.6. The molecule has 7 heteroatoms. The maximum atomic E-state index is 13.7. The number of hydrogen-bond donors (Lipinski definition) is 2. The number of amides is 1. The highest BCUT2D eigenvalue weighted by atomic mass is 35.5. The van der Waals surface area contributed by atoms with Crippen molar-refractivity contribution in [3.63, 3.8) is 0 Å². The molecule has 1 aliphatic carbocycles. The first-order valence-corrected chi connectivity index (χ1v) is 7.56. The molecule has 1 aromatic rings. The molecule has 2 aliphatic rings. The summed E-state index contributed by atoms with van der Waals surface area (Å²) in [6, 6.07) is 1.69. The Hall–Kier alpha value is -1.24. The number of likely N-dealkylation sites (tertiary alicyclic amines) is 1. The zero-order chi connectivity index (χ0) is 15.9. The number of carbonyl (C=O) groups is 1. The summed E-state index contributed by atoms with van der Waals surface area (Å²) in [7, 11) is 0. The summed E-state index contributed by atoms with van der Waals surface area (Å²) in [6.45, 7) is 2.31. The minimum absolute atomic E-state index is 0.0861. The third-order valence-corrected chi connectivity index (χ3v) is 4.83. The molecule has 2 fully saturated rings. The van der Waals surface area contributed by atoms with Crippen molar-refractivity contribution in [3.05, 3.63) is 34.4 Å². The number of halogens is 3. The van der Waals surface area contributed by atoms with Crippen LogP contribution in [0.2, 0.25) is 5.02 Å². The van der Waals surface area contributed by atoms with Crippen molar-refractivity contribution in [2.45, 2.75) is 12.8 Å². The van der Waals surface area contributed by atoms with Gasteiger partial charge in [-0.1, -0.05) is 11.6 Å². The van der Waals surface area contributed by atoms with Crippen LogP contribution < -0.4 is 5.32 Å². The lowest BCUT2D eigenvalue weighted by Gasteiger charge is -2.58. The number of nitrogens with zero attached hydrogens (tertiary/aromatic N) is 1. The van der Waals surface area contributed by atoms with Gasteiger partial charge in [0.15, 0.2) is 5.82 Å². The summed E-state index contributed by atoms with van der Waals surface area (Å²) in [5.41, 5.74) is -0.0833. The van der Waals surface area contributed by atoms with Crippen molar-refractivity contribution in [1.29, 1.82) is 0 Å². The van der Waals surface area contributed by atoms with Crippen LogP contribution in [0.25, 0.3) is 0 Å². The Morgan fingerprint density at radius 2 is 2.09 bits per heavy atom. The van der Waals surface area contributed by atoms with E-state index in [1.807, 2.05) is 4.90 Å². The van der Waals surface area contributed by atoms with Gasteiger partial charge in [-0.3, -0.25) is 9.69 Å². The molecule has 1 saturated carbocycles. The molecule has 2 N–H and O–H groups in total. The standard InChI is InChI=1S/C15H17ClF2N2O2/c16-12-2-10(17)1-11(13(12)18)14(22)19-5-9-3-15(4-9)6-20(7-15)8-21/h1-2,9,21H,3-8H2,(H,19,22). The van der Waals surface area contributed by atoms with Gasteiger partial charge in [0.05, 0.1) is 17.3 Å². The molecule has 1 aromatic carbocycles. The molecule has 0 radical (unpaired) electrons. The minimum atomic E-state index is -0.900. The average Bonchev–Trinajstić information content (AvgIpc) is 2.39. The lowest BCUT2D eigenvalue weighted by Crippen LogP contribution is -2.63. The van der Waals surface area contributed by atoms with Crippen molar-refractivity contribution in [2.24, 2.45) is 11.3 Å². The lowest BCUT2D eigenvalue weighted by molar-refractivity contribution is -0.121. The van der Waals surface area contributed by atoms with Crippen LogP contribution in [0.1, 0.15) is 23.2 Å². The molecule has 4 nitrogen and oxygen atoms in total. The molecule has 22 heavy (non-hydrogen) atoms. The average molecular weight is 331 g/mol. The Bertz CT molecular complexity index is 597. The second kappa shape index (κ2) is 5.76. The third-order valence-electron chi connectivity index (χ3n) is 4.55. The number of aliphatic hydroxyl groups excluding tert-OH is 1. The number of aliphatic hydroxyl groups is 1. The molecule has 1 saturated heterocycles. The third kappa shape index (κ3) is 2.83. The summed E-state index contributed by atoms with van der Waals surface area (Å²) in [5.74, 6) is -1.94. The van der Waals surface area contributed by atoms with Gasteiger partial charge < -0.3 is 10.4 Å². The predicted molar refractivity (Wildman–Crippen MR) is 77.5 cm³/mol. The van der Waals surface area contributed by atoms with Gasteiger partial charge in [-0.05, 0) is 36.3 Å². The van der Waals surface area contributed by atoms with Crippen LogP contribution in [0.15, 0.2) is 12.1 Å². The smallest absolute Gasteiger partial charge is 0.254 e. The summed E-state index contributed by atoms with van der Waals surface area (Å²) in [6.07, 6.45) is 1.96. The van der Waals surface area contributed by atoms with Crippen LogP contribution in [0.4, 0.5) is 8.78 Å². The fourth-order valence-corrected chi connectivity index (χ4v) is 3.83. The van der Waals surface area contributed by atoms with Gasteiger partial charge in [0.2, 0.25) is 0 Å². The van der Waals surface area contributed by atoms with Crippen molar-refractivity contribution >= 4 is 17.5 Å². The van der Waals surface area contributed by atoms with Crippen molar-refractivity contribution in [3.8, 4) is 0 Å². The molecule has 0 unspecified atom stereocenters. The number of nitrogens with one attached hydrogen (secondary N) is 1. The zero-order valence-electron chi connectivity index (χ0n) is 11.9. The number of benzene rings is 1. The molecule has 3 rings (SSSR count). The molecule has 0 aromatic heterocycles. The van der Waals surface area contributed by atoms with Gasteiger partial charge in [-0.2, -0.15) is 0 Å². The SMILES string of the molecule is O=C(NCC1CC2(C1)CN(CO)C2)c1cc(F)cc(Cl)c1F. The molecule has 1 aliphatic heterocycles. The monoisotopic (exact) mass is 330 g/mol. The summed E-state index contributed by atoms with van der Waals surface area (Å²) >= 11 is 5.54. The largest absolute Gasteiger partial charge is 0.381 e. The van der Waals surface area contributed by atoms with E-state index in [9.17, 15) is 13.6 Å². The van der Waals surface area contributed by atoms with Crippen molar-refractivity contribution < 1.29 is 18.7 Å². The Kier molecular flexibility index (Phi) is 4.09. The zero-order valence-corrected chi connectivity index (χ0v) is 12.7. The van der Waals surface area contributed by atoms with Gasteiger partial charge in [0, 0.05) is 19.6 Å². The van der Waals surface area contributed by atoms with Gasteiger partial charge in [0.1, 0.15) is 5.82 Å². The highest BCUT2D eigenvalue weighted by molar-refractivity contribution is 6.31. The van der Waals surface area contributed by atoms with E-state index < -0.39 is 22.6 Å². The number of hydrogen-bond acceptors (Lipinski definition) is 3. The van der Waals surface area contributed by atoms with Crippen LogP contribution in [0, 0.1) is 23.0 Å². The van der Waals surface area contributed by atoms with Crippen LogP contribution in [-0.4, -0.2) is 42.3 Å². The van der Waals surface area contributed by atoms with Gasteiger partial charge in [0.25, 0.3) is 5.91 Å². The molecule has 1 amide bonds. The van der Waals surface area contributed by atoms with E-state index in [1.54, 1.807) is 0 Å². The maximum Gasteiger partial charge on any atom is 0.254 e. The van der Waals surface area contributed by atoms with Gasteiger partial charge in [-0.15, -0.1) is 0 Å². The predicted octanol–water partition coefficient (Wildman–Crippen LogP) is 2.01. The molecule has 1 heterocycles. The lowest BCUT2D eigenvalue weighted by atomic mass is 9.58. The molecule has 120 valence electrons. The van der Waals surface area contributed by atoms with E-state index in [-0.39, 0.29) is 17.7 Å². The van der Waals surface area contributed by atoms with Gasteiger partial charge in [-0.25, -0.2) is 8.78 Å². The first-order chi connectivity index (χ1) is 10.4. The molecule has 0 atom stereocenters. The second-order valence-electron chi connectivity index (χ2n) is 6.36. The number of carbonyl (C=O) groups excluding carboxylic acids is 1. The summed E-state index contributed by atoms with van der Waals surface area (Å²) in [4.78, 5) is 13.9. The number of rotatable bonds is 4. The minimum Gasteiger partial charge on any atom is -0.381 e. The Labute approximate surface area is 132 Å². The quantitative estimate of drug-likeness (QED) is 0.830. The van der Waals surface area contributed by atoms with Crippen molar-refractivity contribution in [2.75, 3.05) is 26.4 Å².